The number of nitrogens with zero attached hydrogens (tertiary/aromatic N) is 9. The van der Waals surface area contributed by atoms with Crippen molar-refractivity contribution in [3.63, 3.8) is 0 Å². The molecule has 6 aromatic rings. The van der Waals surface area contributed by atoms with Crippen molar-refractivity contribution in [3.8, 4) is 17.1 Å². The first-order chi connectivity index (χ1) is 25.5. The smallest absolute Gasteiger partial charge is 0.416 e. The number of aromatic nitrogens is 7. The number of benzene rings is 2. The predicted octanol–water partition coefficient (Wildman–Crippen LogP) is 4.88. The number of pyridine rings is 1. The van der Waals surface area contributed by atoms with Crippen molar-refractivity contribution in [3.05, 3.63) is 87.3 Å². The second-order valence-electron chi connectivity index (χ2n) is 11.7. The van der Waals surface area contributed by atoms with Crippen molar-refractivity contribution >= 4 is 51.4 Å². The lowest BCUT2D eigenvalue weighted by Crippen LogP contribution is -2.49. The number of amides is 1. The summed E-state index contributed by atoms with van der Waals surface area (Å²) in [4.78, 5) is 40.3. The Labute approximate surface area is 295 Å². The van der Waals surface area contributed by atoms with Crippen LogP contribution in [0.15, 0.2) is 59.7 Å². The van der Waals surface area contributed by atoms with E-state index in [0.717, 1.165) is 15.3 Å². The summed E-state index contributed by atoms with van der Waals surface area (Å²) in [6, 6.07) is 7.98. The highest BCUT2D eigenvalue weighted by molar-refractivity contribution is 6.32. The molecule has 0 atom stereocenters. The molecule has 51 heavy (non-hydrogen) atoms. The lowest BCUT2D eigenvalue weighted by molar-refractivity contribution is -0.137. The number of alkyl halides is 3. The number of fused-ring (bicyclic) bond motifs is 2. The molecule has 13 nitrogen and oxygen atoms in total. The molecule has 5 heterocycles. The lowest BCUT2D eigenvalue weighted by Gasteiger charge is -2.37. The van der Waals surface area contributed by atoms with Crippen molar-refractivity contribution in [2.45, 2.75) is 26.1 Å². The number of hydrogen-bond donors (Lipinski definition) is 2. The number of anilines is 3. The second-order valence-corrected chi connectivity index (χ2v) is 12.1. The first-order valence-electron chi connectivity index (χ1n) is 17.1. The number of rotatable bonds is 7. The van der Waals surface area contributed by atoms with Gasteiger partial charge in [-0.3, -0.25) is 14.3 Å². The molecule has 1 amide bonds. The van der Waals surface area contributed by atoms with E-state index in [1.807, 2.05) is 4.90 Å². The first-order valence-corrected chi connectivity index (χ1v) is 15.9. The average molecular weight is 728 g/mol. The van der Waals surface area contributed by atoms with Gasteiger partial charge in [0.2, 0.25) is 11.7 Å². The van der Waals surface area contributed by atoms with Crippen LogP contribution < -0.4 is 20.7 Å². The topological polar surface area (TPSA) is 139 Å². The number of aromatic hydroxyl groups is 1. The summed E-state index contributed by atoms with van der Waals surface area (Å²) in [5, 5.41) is 22.0. The molecule has 0 radical (unpaired) electrons. The van der Waals surface area contributed by atoms with E-state index >= 15 is 0 Å². The van der Waals surface area contributed by atoms with E-state index in [1.54, 1.807) is 30.0 Å². The normalized spacial score (nSPS) is 14.9. The van der Waals surface area contributed by atoms with Gasteiger partial charge in [-0.1, -0.05) is 18.5 Å². The number of halogens is 5. The maximum absolute atomic E-state index is 14.7. The van der Waals surface area contributed by atoms with E-state index in [1.165, 1.54) is 23.0 Å². The Morgan fingerprint density at radius 2 is 1.84 bits per heavy atom. The van der Waals surface area contributed by atoms with Gasteiger partial charge >= 0.3 is 6.18 Å². The fourth-order valence-electron chi connectivity index (χ4n) is 6.14. The summed E-state index contributed by atoms with van der Waals surface area (Å²) in [5.74, 6) is -2.01. The van der Waals surface area contributed by atoms with Gasteiger partial charge in [-0.25, -0.2) is 9.37 Å². The molecule has 0 aliphatic carbocycles. The van der Waals surface area contributed by atoms with Gasteiger partial charge in [0.15, 0.2) is 17.4 Å². The van der Waals surface area contributed by atoms with Crippen LogP contribution in [0, 0.1) is 5.82 Å². The van der Waals surface area contributed by atoms with Crippen LogP contribution >= 0.6 is 11.6 Å². The molecule has 0 spiro atoms. The molecule has 2 aromatic carbocycles. The highest BCUT2D eigenvalue weighted by Crippen LogP contribution is 2.34. The van der Waals surface area contributed by atoms with Crippen molar-refractivity contribution in [2.75, 3.05) is 41.3 Å². The molecule has 4 aromatic heterocycles. The molecule has 18 heteroatoms. The zero-order valence-electron chi connectivity index (χ0n) is 29.6. The quantitative estimate of drug-likeness (QED) is 0.220. The van der Waals surface area contributed by atoms with Gasteiger partial charge in [0.05, 0.1) is 27.5 Å². The minimum atomic E-state index is -4.79. The Morgan fingerprint density at radius 3 is 2.55 bits per heavy atom. The van der Waals surface area contributed by atoms with Gasteiger partial charge in [-0.2, -0.15) is 27.8 Å². The van der Waals surface area contributed by atoms with Gasteiger partial charge < -0.3 is 24.8 Å². The zero-order chi connectivity index (χ0) is 38.7. The summed E-state index contributed by atoms with van der Waals surface area (Å²) >= 11 is 6.10. The minimum absolute atomic E-state index is 0.0522. The number of piperazine rings is 1. The first kappa shape index (κ1) is 30.1. The van der Waals surface area contributed by atoms with Gasteiger partial charge in [0.25, 0.3) is 5.56 Å². The molecule has 1 aliphatic heterocycles. The van der Waals surface area contributed by atoms with Crippen molar-refractivity contribution in [2.24, 2.45) is 6.98 Å². The van der Waals surface area contributed by atoms with E-state index in [0.29, 0.717) is 41.3 Å². The molecule has 1 saturated heterocycles. The van der Waals surface area contributed by atoms with E-state index < -0.39 is 48.2 Å². The summed E-state index contributed by atoms with van der Waals surface area (Å²) in [6.07, 6.45) is -1.77. The van der Waals surface area contributed by atoms with Gasteiger partial charge in [-0.15, -0.1) is 5.10 Å². The molecule has 1 fully saturated rings. The average Bonchev–Trinajstić information content (AvgIpc) is 3.77. The molecular weight excluding hydrogens is 696 g/mol. The Bertz CT molecular complexity index is 2490. The van der Waals surface area contributed by atoms with Gasteiger partial charge in [0, 0.05) is 60.6 Å². The summed E-state index contributed by atoms with van der Waals surface area (Å²) < 4.78 is 80.5. The van der Waals surface area contributed by atoms with Crippen molar-refractivity contribution < 1.29 is 31.6 Å². The molecule has 0 unspecified atom stereocenters. The zero-order valence-corrected chi connectivity index (χ0v) is 27.4. The van der Waals surface area contributed by atoms with Crippen LogP contribution in [0.3, 0.4) is 0 Å². The van der Waals surface area contributed by atoms with E-state index in [2.05, 4.69) is 25.5 Å². The Morgan fingerprint density at radius 1 is 1.08 bits per heavy atom. The van der Waals surface area contributed by atoms with Crippen molar-refractivity contribution in [1.82, 2.24) is 33.9 Å². The van der Waals surface area contributed by atoms with Crippen LogP contribution in [0.25, 0.3) is 28.1 Å². The fourth-order valence-corrected chi connectivity index (χ4v) is 6.28. The lowest BCUT2D eigenvalue weighted by atomic mass is 10.1. The third-order valence-electron chi connectivity index (χ3n) is 8.55. The molecular formula is C33H29ClF4N10O3. The summed E-state index contributed by atoms with van der Waals surface area (Å²) in [6.45, 7) is -0.105. The summed E-state index contributed by atoms with van der Waals surface area (Å²) in [5.41, 5.74) is -0.889. The Hall–Kier alpha value is -5.71. The molecule has 2 N–H and O–H groups in total. The van der Waals surface area contributed by atoms with Gasteiger partial charge in [-0.05, 0) is 48.9 Å². The Balaban J connectivity index is 1.29. The van der Waals surface area contributed by atoms with E-state index in [4.69, 9.17) is 15.7 Å². The molecule has 0 bridgehead atoms. The van der Waals surface area contributed by atoms with E-state index in [-0.39, 0.29) is 59.5 Å². The maximum atomic E-state index is 14.7. The number of hydrogen-bond acceptors (Lipinski definition) is 9. The second kappa shape index (κ2) is 12.9. The maximum Gasteiger partial charge on any atom is 0.416 e. The standard InChI is InChI=1S/C33H29ClF4N10O3/c1-3-25-27(45-10-12-46(13-11-45)30-28(50)21(34)8-9-39-30)31(51)48-32(41-29(43-48)18-4-6-23-19(14-18)16-44(2)42-23)47(25)17-26(49)40-24-7-5-20(15-22(24)35)33(36,37)38/h4-9,14-16,50H,3,10-13,17H2,1-2H3,(H,40,49)/i2D3. The largest absolute Gasteiger partial charge is 0.503 e. The summed E-state index contributed by atoms with van der Waals surface area (Å²) in [7, 11) is 0. The monoisotopic (exact) mass is 727 g/mol. The van der Waals surface area contributed by atoms with Crippen LogP contribution in [-0.4, -0.2) is 71.1 Å². The fraction of sp³-hybridized carbons (Fsp3) is 0.273. The van der Waals surface area contributed by atoms with Crippen LogP contribution in [0.1, 0.15) is 22.3 Å². The highest BCUT2D eigenvalue weighted by Gasteiger charge is 2.32. The minimum Gasteiger partial charge on any atom is -0.503 e. The third kappa shape index (κ3) is 6.28. The van der Waals surface area contributed by atoms with Crippen LogP contribution in [0.2, 0.25) is 5.02 Å². The number of carbonyl (C=O) groups excluding carboxylic acids is 1. The molecule has 1 aliphatic rings. The number of aryl methyl sites for hydroxylation is 1. The van der Waals surface area contributed by atoms with Crippen molar-refractivity contribution in [1.29, 1.82) is 0 Å². The van der Waals surface area contributed by atoms with Crippen LogP contribution in [0.4, 0.5) is 34.8 Å². The molecule has 0 saturated carbocycles. The molecule has 7 rings (SSSR count). The number of carbonyl (C=O) groups is 1. The molecule has 264 valence electrons. The number of nitrogens with one attached hydrogen (secondary N) is 1. The predicted molar refractivity (Wildman–Crippen MR) is 182 cm³/mol. The Kier molecular flexibility index (Phi) is 7.61. The van der Waals surface area contributed by atoms with E-state index in [9.17, 15) is 32.3 Å². The SMILES string of the molecule is [2H]C([2H])([2H])n1cc2cc(-c3nc4n(CC(=O)Nc5ccc(C(F)(F)F)cc5F)c(CC)c(N5CCN(c6nccc(Cl)c6O)CC5)c(=O)n4n3)ccc2n1. The highest BCUT2D eigenvalue weighted by atomic mass is 35.5. The van der Waals surface area contributed by atoms with Gasteiger partial charge in [0.1, 0.15) is 18.0 Å². The van der Waals surface area contributed by atoms with Crippen LogP contribution in [-0.2, 0) is 30.9 Å². The van der Waals surface area contributed by atoms with Crippen LogP contribution in [0.5, 0.6) is 5.75 Å². The third-order valence-corrected chi connectivity index (χ3v) is 8.85.